The van der Waals surface area contributed by atoms with Crippen LogP contribution in [0.3, 0.4) is 0 Å². The van der Waals surface area contributed by atoms with Gasteiger partial charge < -0.3 is 45.8 Å². The summed E-state index contributed by atoms with van der Waals surface area (Å²) in [6.07, 6.45) is -6.09. The van der Waals surface area contributed by atoms with Crippen LogP contribution in [0, 0.1) is 0 Å². The molecular weight excluding hydrogens is 662 g/mol. The lowest BCUT2D eigenvalue weighted by Gasteiger charge is -2.24. The average molecular weight is 690 g/mol. The van der Waals surface area contributed by atoms with E-state index >= 15 is 0 Å². The van der Waals surface area contributed by atoms with Crippen LogP contribution >= 0.6 is 15.6 Å². The summed E-state index contributed by atoms with van der Waals surface area (Å²) in [5, 5.41) is 21.8. The van der Waals surface area contributed by atoms with Gasteiger partial charge in [-0.1, -0.05) is 0 Å². The Kier molecular flexibility index (Phi) is 8.46. The van der Waals surface area contributed by atoms with Crippen molar-refractivity contribution < 1.29 is 57.1 Å². The maximum absolute atomic E-state index is 13.0. The minimum Gasteiger partial charge on any atom is -0.388 e. The van der Waals surface area contributed by atoms with Gasteiger partial charge in [-0.15, -0.1) is 0 Å². The van der Waals surface area contributed by atoms with E-state index in [4.69, 9.17) is 30.0 Å². The van der Waals surface area contributed by atoms with E-state index in [0.29, 0.717) is 0 Å². The Hall–Kier alpha value is -3.44. The first-order valence-electron chi connectivity index (χ1n) is 13.3. The molecule has 2 saturated heterocycles. The number of ether oxygens (including phenoxy) is 2. The maximum atomic E-state index is 13.0. The number of anilines is 2. The number of aliphatic hydroxyl groups is 2. The number of phosphoric acid groups is 2. The summed E-state index contributed by atoms with van der Waals surface area (Å²) < 4.78 is 54.3. The third-order valence-corrected chi connectivity index (χ3v) is 8.81. The molecule has 25 heteroatoms. The summed E-state index contributed by atoms with van der Waals surface area (Å²) >= 11 is 0. The number of nitrogens with zero attached hydrogens (tertiary/aromatic N) is 8. The van der Waals surface area contributed by atoms with Crippen molar-refractivity contribution in [3.8, 4) is 0 Å². The van der Waals surface area contributed by atoms with Gasteiger partial charge in [-0.05, 0) is 0 Å². The maximum Gasteiger partial charge on any atom is 0.472 e. The summed E-state index contributed by atoms with van der Waals surface area (Å²) in [7, 11) is -8.77. The normalized spacial score (nSPS) is 28.3. The number of imidazole rings is 2. The lowest BCUT2D eigenvalue weighted by Crippen LogP contribution is -2.36. The molecule has 250 valence electrons. The molecule has 0 radical (unpaired) electrons. The zero-order valence-electron chi connectivity index (χ0n) is 23.5. The average Bonchev–Trinajstić information content (AvgIpc) is 3.75. The molecule has 0 spiro atoms. The van der Waals surface area contributed by atoms with Gasteiger partial charge in [-0.2, -0.15) is 4.98 Å². The number of nitrogen functional groups attached to an aromatic ring is 2. The van der Waals surface area contributed by atoms with Crippen molar-refractivity contribution in [1.82, 2.24) is 38.6 Å². The Bertz CT molecular complexity index is 1930. The Morgan fingerprint density at radius 1 is 0.957 bits per heavy atom. The fraction of sp³-hybridized carbons (Fsp3) is 0.524. The zero-order chi connectivity index (χ0) is 33.1. The van der Waals surface area contributed by atoms with Crippen LogP contribution in [0.25, 0.3) is 22.3 Å². The van der Waals surface area contributed by atoms with Crippen LogP contribution in [0.5, 0.6) is 0 Å². The predicted molar refractivity (Wildman–Crippen MR) is 150 cm³/mol. The van der Waals surface area contributed by atoms with Gasteiger partial charge in [-0.25, -0.2) is 29.1 Å². The van der Waals surface area contributed by atoms with Crippen LogP contribution < -0.4 is 17.0 Å². The van der Waals surface area contributed by atoms with Crippen molar-refractivity contribution in [2.45, 2.75) is 49.4 Å². The molecule has 0 aliphatic carbocycles. The van der Waals surface area contributed by atoms with Crippen molar-refractivity contribution >= 4 is 49.7 Å². The molecule has 0 bridgehead atoms. The van der Waals surface area contributed by atoms with Gasteiger partial charge in [0.1, 0.15) is 36.3 Å². The summed E-state index contributed by atoms with van der Waals surface area (Å²) in [6.45, 7) is -1.47. The fourth-order valence-electron chi connectivity index (χ4n) is 5.14. The van der Waals surface area contributed by atoms with Crippen molar-refractivity contribution in [2.75, 3.05) is 24.7 Å². The minimum atomic E-state index is -5.07. The highest BCUT2D eigenvalue weighted by Crippen LogP contribution is 2.50. The van der Waals surface area contributed by atoms with Gasteiger partial charge >= 0.3 is 15.6 Å². The van der Waals surface area contributed by atoms with E-state index in [-0.39, 0.29) is 40.5 Å². The van der Waals surface area contributed by atoms with Gasteiger partial charge in [0.05, 0.1) is 32.0 Å². The van der Waals surface area contributed by atoms with Gasteiger partial charge in [-0.3, -0.25) is 32.1 Å². The Labute approximate surface area is 256 Å². The van der Waals surface area contributed by atoms with Crippen LogP contribution in [0.4, 0.5) is 11.8 Å². The summed E-state index contributed by atoms with van der Waals surface area (Å²) in [5.74, 6) is -0.0838. The third-order valence-electron chi connectivity index (χ3n) is 7.33. The van der Waals surface area contributed by atoms with Crippen molar-refractivity contribution in [3.05, 3.63) is 29.3 Å². The number of aliphatic hydroxyl groups excluding tert-OH is 2. The van der Waals surface area contributed by atoms with Gasteiger partial charge in [0.25, 0.3) is 5.56 Å². The number of phosphoric ester groups is 2. The number of fused-ring (bicyclic) bond motifs is 2. The number of rotatable bonds is 10. The van der Waals surface area contributed by atoms with E-state index in [1.807, 2.05) is 0 Å². The third kappa shape index (κ3) is 6.15. The summed E-state index contributed by atoms with van der Waals surface area (Å²) in [5.41, 5.74) is 11.3. The standard InChI is InChI=1S/C21H28N10O13P2/c1-29-18(34)12-17(28-21(29)23)31(7-27-12)20-13(33)14(10(43-20)4-40-45(35,36)37)44-46(38,39)41-3-8-2-9(32)19(42-8)30-6-26-11-15(22)24-5-25-16(11)30/h5-10,13-14,19-20,32-33H,2-4H2,1H3,(H2,23,28)(H,38,39)(H2,22,24,25)(H2,35,36,37)/t8-,9+,10?,13+,14+,19+,20+/m0/s1. The summed E-state index contributed by atoms with van der Waals surface area (Å²) in [4.78, 5) is 61.7. The topological polar surface area (TPSA) is 330 Å². The molecule has 2 aliphatic heterocycles. The molecule has 4 aromatic heterocycles. The Morgan fingerprint density at radius 2 is 1.65 bits per heavy atom. The van der Waals surface area contributed by atoms with Crippen LogP contribution in [0.2, 0.25) is 0 Å². The molecule has 2 unspecified atom stereocenters. The van der Waals surface area contributed by atoms with E-state index in [1.54, 1.807) is 0 Å². The molecule has 6 heterocycles. The second-order valence-electron chi connectivity index (χ2n) is 10.4. The zero-order valence-corrected chi connectivity index (χ0v) is 25.3. The lowest BCUT2D eigenvalue weighted by atomic mass is 10.1. The number of hydrogen-bond acceptors (Lipinski definition) is 17. The molecule has 0 aromatic carbocycles. The minimum absolute atomic E-state index is 0.0375. The first kappa shape index (κ1) is 32.5. The Balaban J connectivity index is 1.17. The van der Waals surface area contributed by atoms with E-state index in [2.05, 4.69) is 29.4 Å². The predicted octanol–water partition coefficient (Wildman–Crippen LogP) is -2.35. The highest BCUT2D eigenvalue weighted by Gasteiger charge is 2.50. The van der Waals surface area contributed by atoms with E-state index in [0.717, 1.165) is 15.5 Å². The molecule has 9 N–H and O–H groups in total. The van der Waals surface area contributed by atoms with Crippen molar-refractivity contribution in [1.29, 1.82) is 0 Å². The molecule has 6 rings (SSSR count). The highest BCUT2D eigenvalue weighted by atomic mass is 31.2. The van der Waals surface area contributed by atoms with Crippen molar-refractivity contribution in [2.24, 2.45) is 7.05 Å². The molecule has 23 nitrogen and oxygen atoms in total. The molecule has 8 atom stereocenters. The van der Waals surface area contributed by atoms with Crippen molar-refractivity contribution in [3.63, 3.8) is 0 Å². The first-order chi connectivity index (χ1) is 21.6. The fourth-order valence-corrected chi connectivity index (χ4v) is 6.46. The number of aromatic nitrogens is 8. The first-order valence-corrected chi connectivity index (χ1v) is 16.3. The van der Waals surface area contributed by atoms with Gasteiger partial charge in [0.15, 0.2) is 35.1 Å². The second kappa shape index (κ2) is 12.0. The molecule has 0 saturated carbocycles. The molecule has 2 aliphatic rings. The molecule has 4 aromatic rings. The smallest absolute Gasteiger partial charge is 0.388 e. The molecule has 46 heavy (non-hydrogen) atoms. The quantitative estimate of drug-likeness (QED) is 0.0856. The SMILES string of the molecule is Cn1c(N)nc2c(ncn2[C@@H]2OC(COP(=O)(O)O)[C@@H](OP(=O)(O)OC[C@@H]3C[C@@H](O)[C@H](n4cnc5c(N)ncnc54)O3)[C@H]2O)c1=O. The largest absolute Gasteiger partial charge is 0.472 e. The Morgan fingerprint density at radius 3 is 2.37 bits per heavy atom. The lowest BCUT2D eigenvalue weighted by molar-refractivity contribution is -0.0556. The molecular formula is C21H28N10O13P2. The van der Waals surface area contributed by atoms with E-state index in [9.17, 15) is 38.8 Å². The van der Waals surface area contributed by atoms with Crippen LogP contribution in [0.15, 0.2) is 23.8 Å². The number of nitrogens with two attached hydrogens (primary N) is 2. The monoisotopic (exact) mass is 690 g/mol. The van der Waals surface area contributed by atoms with E-state index < -0.39 is 77.4 Å². The van der Waals surface area contributed by atoms with E-state index in [1.165, 1.54) is 24.3 Å². The summed E-state index contributed by atoms with van der Waals surface area (Å²) in [6, 6.07) is 0. The number of hydrogen-bond donors (Lipinski definition) is 7. The van der Waals surface area contributed by atoms with Gasteiger partial charge in [0, 0.05) is 13.5 Å². The van der Waals surface area contributed by atoms with Gasteiger partial charge in [0.2, 0.25) is 5.95 Å². The van der Waals surface area contributed by atoms with Crippen LogP contribution in [-0.2, 0) is 39.2 Å². The highest BCUT2D eigenvalue weighted by molar-refractivity contribution is 7.47. The second-order valence-corrected chi connectivity index (χ2v) is 13.0. The molecule has 0 amide bonds. The van der Waals surface area contributed by atoms with Crippen LogP contribution in [0.1, 0.15) is 18.9 Å². The molecule has 2 fully saturated rings. The van der Waals surface area contributed by atoms with Crippen LogP contribution in [-0.4, -0.2) is 107 Å².